The van der Waals surface area contributed by atoms with E-state index in [0.717, 1.165) is 11.1 Å². The molecule has 0 bridgehead atoms. The Hall–Kier alpha value is -3.15. The van der Waals surface area contributed by atoms with Crippen molar-refractivity contribution in [3.63, 3.8) is 0 Å². The van der Waals surface area contributed by atoms with Gasteiger partial charge in [0, 0.05) is 0 Å². The highest BCUT2D eigenvalue weighted by Gasteiger charge is 2.38. The van der Waals surface area contributed by atoms with Gasteiger partial charge in [-0.3, -0.25) is 9.59 Å². The van der Waals surface area contributed by atoms with Crippen LogP contribution in [0.5, 0.6) is 5.75 Å². The van der Waals surface area contributed by atoms with Gasteiger partial charge in [-0.05, 0) is 42.2 Å². The smallest absolute Gasteiger partial charge is 0.370 e. The third kappa shape index (κ3) is 3.31. The van der Waals surface area contributed by atoms with Crippen molar-refractivity contribution in [1.82, 2.24) is 5.06 Å². The van der Waals surface area contributed by atoms with Crippen LogP contribution in [0.1, 0.15) is 51.6 Å². The number of rotatable bonds is 5. The minimum atomic E-state index is -0.823. The van der Waals surface area contributed by atoms with Crippen LogP contribution < -0.4 is 4.74 Å². The number of ether oxygens (including phenoxy) is 1. The summed E-state index contributed by atoms with van der Waals surface area (Å²) in [6.07, 6.45) is 0. The van der Waals surface area contributed by atoms with E-state index in [1.807, 2.05) is 39.0 Å². The Bertz CT molecular complexity index is 853. The number of amides is 2. The molecule has 0 saturated carbocycles. The SMILES string of the molecule is Cc1ccc(C(C)C)c(OCC(=O)ON2C(=O)c3ccccc3C2=O)c1. The van der Waals surface area contributed by atoms with Gasteiger partial charge in [-0.15, -0.1) is 0 Å². The lowest BCUT2D eigenvalue weighted by molar-refractivity contribution is -0.170. The second-order valence-corrected chi connectivity index (χ2v) is 6.40. The van der Waals surface area contributed by atoms with E-state index in [2.05, 4.69) is 0 Å². The zero-order valence-corrected chi connectivity index (χ0v) is 14.8. The third-order valence-corrected chi connectivity index (χ3v) is 4.09. The molecule has 0 spiro atoms. The van der Waals surface area contributed by atoms with Crippen LogP contribution in [0.15, 0.2) is 42.5 Å². The summed E-state index contributed by atoms with van der Waals surface area (Å²) < 4.78 is 5.58. The fourth-order valence-corrected chi connectivity index (χ4v) is 2.76. The average molecular weight is 353 g/mol. The summed E-state index contributed by atoms with van der Waals surface area (Å²) in [5.74, 6) is -1.33. The quantitative estimate of drug-likeness (QED) is 0.772. The Morgan fingerprint density at radius 1 is 1.04 bits per heavy atom. The van der Waals surface area contributed by atoms with Gasteiger partial charge in [0.15, 0.2) is 6.61 Å². The van der Waals surface area contributed by atoms with Gasteiger partial charge in [0.05, 0.1) is 11.1 Å². The predicted molar refractivity (Wildman–Crippen MR) is 93.8 cm³/mol. The molecule has 1 aliphatic heterocycles. The highest BCUT2D eigenvalue weighted by Crippen LogP contribution is 2.28. The van der Waals surface area contributed by atoms with Crippen LogP contribution in [0.2, 0.25) is 0 Å². The number of aryl methyl sites for hydroxylation is 1. The lowest BCUT2D eigenvalue weighted by Gasteiger charge is -2.16. The van der Waals surface area contributed by atoms with Crippen molar-refractivity contribution in [2.24, 2.45) is 0 Å². The molecule has 0 saturated heterocycles. The molecule has 0 radical (unpaired) electrons. The van der Waals surface area contributed by atoms with E-state index < -0.39 is 24.4 Å². The first-order chi connectivity index (χ1) is 12.4. The molecule has 2 aromatic rings. The average Bonchev–Trinajstić information content (AvgIpc) is 2.85. The van der Waals surface area contributed by atoms with Crippen molar-refractivity contribution in [2.45, 2.75) is 26.7 Å². The zero-order valence-electron chi connectivity index (χ0n) is 14.8. The number of carbonyl (C=O) groups is 3. The first-order valence-corrected chi connectivity index (χ1v) is 8.30. The Morgan fingerprint density at radius 3 is 2.23 bits per heavy atom. The van der Waals surface area contributed by atoms with Crippen LogP contribution in [0, 0.1) is 6.92 Å². The number of imide groups is 1. The summed E-state index contributed by atoms with van der Waals surface area (Å²) in [4.78, 5) is 41.4. The number of hydrogen-bond acceptors (Lipinski definition) is 5. The fraction of sp³-hybridized carbons (Fsp3) is 0.250. The van der Waals surface area contributed by atoms with Crippen molar-refractivity contribution in [3.8, 4) is 5.75 Å². The minimum absolute atomic E-state index is 0.215. The second-order valence-electron chi connectivity index (χ2n) is 6.40. The molecule has 0 fully saturated rings. The minimum Gasteiger partial charge on any atom is -0.482 e. The van der Waals surface area contributed by atoms with Gasteiger partial charge < -0.3 is 9.57 Å². The first kappa shape index (κ1) is 17.7. The molecule has 0 unspecified atom stereocenters. The highest BCUT2D eigenvalue weighted by atomic mass is 16.7. The lowest BCUT2D eigenvalue weighted by Crippen LogP contribution is -2.34. The van der Waals surface area contributed by atoms with Crippen molar-refractivity contribution in [1.29, 1.82) is 0 Å². The van der Waals surface area contributed by atoms with E-state index >= 15 is 0 Å². The molecule has 1 heterocycles. The van der Waals surface area contributed by atoms with Crippen molar-refractivity contribution in [2.75, 3.05) is 6.61 Å². The summed E-state index contributed by atoms with van der Waals surface area (Å²) in [6.45, 7) is 5.56. The van der Waals surface area contributed by atoms with Gasteiger partial charge in [-0.1, -0.05) is 43.2 Å². The van der Waals surface area contributed by atoms with E-state index in [1.54, 1.807) is 12.1 Å². The molecule has 0 aromatic heterocycles. The lowest BCUT2D eigenvalue weighted by atomic mass is 10.0. The second kappa shape index (κ2) is 7.00. The monoisotopic (exact) mass is 353 g/mol. The highest BCUT2D eigenvalue weighted by molar-refractivity contribution is 6.20. The predicted octanol–water partition coefficient (Wildman–Crippen LogP) is 3.25. The molecular weight excluding hydrogens is 334 g/mol. The van der Waals surface area contributed by atoms with Gasteiger partial charge in [0.1, 0.15) is 5.75 Å². The van der Waals surface area contributed by atoms with Crippen molar-refractivity contribution < 1.29 is 24.0 Å². The normalized spacial score (nSPS) is 13.2. The number of nitrogens with zero attached hydrogens (tertiary/aromatic N) is 1. The maximum Gasteiger partial charge on any atom is 0.370 e. The first-order valence-electron chi connectivity index (χ1n) is 8.30. The molecule has 6 nitrogen and oxygen atoms in total. The number of fused-ring (bicyclic) bond motifs is 1. The zero-order chi connectivity index (χ0) is 18.8. The molecular formula is C20H19NO5. The molecule has 0 N–H and O–H groups in total. The maximum absolute atomic E-state index is 12.2. The van der Waals surface area contributed by atoms with Crippen LogP contribution >= 0.6 is 0 Å². The summed E-state index contributed by atoms with van der Waals surface area (Å²) in [5.41, 5.74) is 2.39. The summed E-state index contributed by atoms with van der Waals surface area (Å²) in [5, 5.41) is 0.482. The van der Waals surface area contributed by atoms with Gasteiger partial charge in [-0.2, -0.15) is 0 Å². The van der Waals surface area contributed by atoms with Crippen LogP contribution in [-0.2, 0) is 9.63 Å². The topological polar surface area (TPSA) is 72.9 Å². The van der Waals surface area contributed by atoms with Crippen LogP contribution in [-0.4, -0.2) is 29.5 Å². The molecule has 6 heteroatoms. The molecule has 2 aromatic carbocycles. The maximum atomic E-state index is 12.2. The Morgan fingerprint density at radius 2 is 1.65 bits per heavy atom. The summed E-state index contributed by atoms with van der Waals surface area (Å²) in [6, 6.07) is 12.1. The summed E-state index contributed by atoms with van der Waals surface area (Å²) >= 11 is 0. The van der Waals surface area contributed by atoms with Gasteiger partial charge >= 0.3 is 5.97 Å². The Balaban J connectivity index is 1.67. The molecule has 134 valence electrons. The van der Waals surface area contributed by atoms with Crippen LogP contribution in [0.3, 0.4) is 0 Å². The van der Waals surface area contributed by atoms with Crippen molar-refractivity contribution >= 4 is 17.8 Å². The Labute approximate surface area is 151 Å². The molecule has 26 heavy (non-hydrogen) atoms. The van der Waals surface area contributed by atoms with E-state index in [1.165, 1.54) is 12.1 Å². The van der Waals surface area contributed by atoms with Gasteiger partial charge in [-0.25, -0.2) is 4.79 Å². The summed E-state index contributed by atoms with van der Waals surface area (Å²) in [7, 11) is 0. The van der Waals surface area contributed by atoms with E-state index in [9.17, 15) is 14.4 Å². The van der Waals surface area contributed by atoms with E-state index in [4.69, 9.17) is 9.57 Å². The number of carbonyl (C=O) groups excluding carboxylic acids is 3. The fourth-order valence-electron chi connectivity index (χ4n) is 2.76. The molecule has 0 atom stereocenters. The standard InChI is InChI=1S/C20H19NO5/c1-12(2)14-9-8-13(3)10-17(14)25-11-18(22)26-21-19(23)15-6-4-5-7-16(15)20(21)24/h4-10,12H,11H2,1-3H3. The van der Waals surface area contributed by atoms with E-state index in [0.29, 0.717) is 10.8 Å². The number of hydroxylamine groups is 2. The molecule has 1 aliphatic rings. The number of hydrogen-bond donors (Lipinski definition) is 0. The van der Waals surface area contributed by atoms with Crippen LogP contribution in [0.4, 0.5) is 0 Å². The van der Waals surface area contributed by atoms with Crippen molar-refractivity contribution in [3.05, 3.63) is 64.7 Å². The van der Waals surface area contributed by atoms with E-state index in [-0.39, 0.29) is 17.0 Å². The number of benzene rings is 2. The molecule has 3 rings (SSSR count). The van der Waals surface area contributed by atoms with Crippen LogP contribution in [0.25, 0.3) is 0 Å². The third-order valence-electron chi connectivity index (χ3n) is 4.09. The van der Waals surface area contributed by atoms with Gasteiger partial charge in [0.2, 0.25) is 0 Å². The largest absolute Gasteiger partial charge is 0.482 e. The molecule has 0 aliphatic carbocycles. The van der Waals surface area contributed by atoms with Gasteiger partial charge in [0.25, 0.3) is 11.8 Å². The Kier molecular flexibility index (Phi) is 4.75. The molecule has 2 amide bonds.